The third-order valence-electron chi connectivity index (χ3n) is 15.6. The van der Waals surface area contributed by atoms with Crippen LogP contribution in [0.2, 0.25) is 0 Å². The zero-order valence-electron chi connectivity index (χ0n) is 50.2. The fourth-order valence-electron chi connectivity index (χ4n) is 11.2. The van der Waals surface area contributed by atoms with E-state index in [4.69, 9.17) is 69.2 Å². The number of nitrogens with two attached hydrogens (primary N) is 4. The highest BCUT2D eigenvalue weighted by Gasteiger charge is 2.60. The van der Waals surface area contributed by atoms with Crippen molar-refractivity contribution < 1.29 is 136 Å². The van der Waals surface area contributed by atoms with Gasteiger partial charge < -0.3 is 91.5 Å². The van der Waals surface area contributed by atoms with Crippen molar-refractivity contribution in [1.29, 1.82) is 0 Å². The Kier molecular flexibility index (Phi) is 19.2. The summed E-state index contributed by atoms with van der Waals surface area (Å²) in [6.45, 7) is -4.31. The van der Waals surface area contributed by atoms with Crippen LogP contribution in [-0.2, 0) is 89.3 Å². The number of aromatic amines is 3. The summed E-state index contributed by atoms with van der Waals surface area (Å²) in [5, 5.41) is 44.7. The molecule has 4 fully saturated rings. The molecule has 540 valence electrons. The number of H-pyrrole nitrogens is 3. The maximum atomic E-state index is 16.2. The fraction of sp³-hybridized carbons (Fsp3) is 0.535. The van der Waals surface area contributed by atoms with Crippen molar-refractivity contribution in [3.05, 3.63) is 62.7 Å². The van der Waals surface area contributed by atoms with Gasteiger partial charge >= 0.3 is 36.9 Å². The van der Waals surface area contributed by atoms with E-state index in [9.17, 15) is 82.1 Å². The number of nitrogens with one attached hydrogen (secondary N) is 3. The van der Waals surface area contributed by atoms with Gasteiger partial charge in [-0.3, -0.25) is 74.7 Å². The Morgan fingerprint density at radius 1 is 0.576 bits per heavy atom. The van der Waals surface area contributed by atoms with Crippen LogP contribution in [0.15, 0.2) is 46.0 Å². The molecule has 12 heterocycles. The van der Waals surface area contributed by atoms with Crippen LogP contribution >= 0.6 is 39.1 Å². The number of alkyl halides is 1. The number of ether oxygens (including phenoxy) is 5. The van der Waals surface area contributed by atoms with Crippen molar-refractivity contribution in [3.8, 4) is 0 Å². The Balaban J connectivity index is 0.742. The van der Waals surface area contributed by atoms with Crippen LogP contribution in [-0.4, -0.2) is 219 Å². The van der Waals surface area contributed by atoms with Crippen LogP contribution in [0.5, 0.6) is 0 Å². The number of aryl methyl sites for hydroxylation is 1. The van der Waals surface area contributed by atoms with E-state index in [-0.39, 0.29) is 56.4 Å². The SMILES string of the molecule is COC1C(OP(=O)(O)OCC2OC(n3cnc4c(=O)[nH]c(N)nc43)C(O)C2OP(=O)(O)OCC2OC(n3cnc4c(=O)[nH]c(N)nc43)C(O)C2O)C(COP(=O)(O)OP(=O)([O-])OP(=O)(O)OCC2OC(n3c[n+](C)c4c(=O)[nH]c(N)nc43)C(C)(F)C2O)OC1n1cnc2c(N)ncnc21. The van der Waals surface area contributed by atoms with Crippen LogP contribution in [0.3, 0.4) is 0 Å². The lowest BCUT2D eigenvalue weighted by Gasteiger charge is -2.28. The van der Waals surface area contributed by atoms with Gasteiger partial charge in [0.15, 0.2) is 52.5 Å². The Labute approximate surface area is 546 Å². The van der Waals surface area contributed by atoms with Crippen molar-refractivity contribution in [2.24, 2.45) is 7.05 Å². The Hall–Kier alpha value is -7.00. The number of anilines is 4. The lowest BCUT2D eigenvalue weighted by atomic mass is 9.98. The molecule has 0 radical (unpaired) electrons. The van der Waals surface area contributed by atoms with E-state index >= 15 is 4.39 Å². The summed E-state index contributed by atoms with van der Waals surface area (Å²) < 4.78 is 157. The van der Waals surface area contributed by atoms with Gasteiger partial charge in [0.1, 0.15) is 79.0 Å². The first-order valence-electron chi connectivity index (χ1n) is 28.0. The number of rotatable bonds is 25. The number of hydrogen-bond donors (Lipinski definition) is 15. The van der Waals surface area contributed by atoms with Gasteiger partial charge in [-0.25, -0.2) is 60.8 Å². The zero-order valence-corrected chi connectivity index (χ0v) is 54.6. The highest BCUT2D eigenvalue weighted by Crippen LogP contribution is 2.66. The highest BCUT2D eigenvalue weighted by molar-refractivity contribution is 7.66. The van der Waals surface area contributed by atoms with E-state index in [1.807, 2.05) is 0 Å². The van der Waals surface area contributed by atoms with Gasteiger partial charge in [-0.2, -0.15) is 19.5 Å². The second-order valence-corrected chi connectivity index (χ2v) is 29.6. The molecule has 4 saturated heterocycles. The third kappa shape index (κ3) is 14.1. The zero-order chi connectivity index (χ0) is 71.5. The lowest BCUT2D eigenvalue weighted by molar-refractivity contribution is -0.646. The number of nitrogens with zero attached hydrogens (tertiary/aromatic N) is 13. The predicted octanol–water partition coefficient (Wildman–Crippen LogP) is -5.50. The maximum Gasteiger partial charge on any atom is 0.478 e. The monoisotopic (exact) mass is 1510 g/mol. The average molecular weight is 1510 g/mol. The lowest BCUT2D eigenvalue weighted by Crippen LogP contribution is -2.41. The third-order valence-corrected chi connectivity index (χ3v) is 21.8. The number of fused-ring (bicyclic) bond motifs is 4. The van der Waals surface area contributed by atoms with Crippen molar-refractivity contribution >= 4 is 107 Å². The van der Waals surface area contributed by atoms with Crippen molar-refractivity contribution in [1.82, 2.24) is 73.1 Å². The quantitative estimate of drug-likeness (QED) is 0.0187. The number of hydrogen-bond acceptors (Lipinski definition) is 38. The second-order valence-electron chi connectivity index (χ2n) is 22.2. The number of halogens is 1. The fourth-order valence-corrected chi connectivity index (χ4v) is 16.6. The Bertz CT molecular complexity index is 4880. The smallest absolute Gasteiger partial charge is 0.478 e. The number of phosphoric ester groups is 4. The molecule has 0 saturated carbocycles. The van der Waals surface area contributed by atoms with Crippen molar-refractivity contribution in [3.63, 3.8) is 0 Å². The molecule has 21 atom stereocenters. The van der Waals surface area contributed by atoms with E-state index < -0.39 is 192 Å². The molecule has 0 spiro atoms. The summed E-state index contributed by atoms with van der Waals surface area (Å²) in [5.74, 6) is -1.38. The summed E-state index contributed by atoms with van der Waals surface area (Å²) in [6.07, 6.45) is -23.6. The van der Waals surface area contributed by atoms with E-state index in [0.29, 0.717) is 0 Å². The first-order chi connectivity index (χ1) is 46.4. The van der Waals surface area contributed by atoms with Crippen LogP contribution < -0.4 is 49.1 Å². The Morgan fingerprint density at radius 2 is 1.03 bits per heavy atom. The first-order valence-corrected chi connectivity index (χ1v) is 35.5. The van der Waals surface area contributed by atoms with Gasteiger partial charge in [0.05, 0.1) is 52.5 Å². The largest absolute Gasteiger partial charge is 0.756 e. The summed E-state index contributed by atoms with van der Waals surface area (Å²) >= 11 is 0. The van der Waals surface area contributed by atoms with Crippen LogP contribution in [0, 0.1) is 0 Å². The van der Waals surface area contributed by atoms with E-state index in [1.54, 1.807) is 0 Å². The molecule has 4 aliphatic heterocycles. The van der Waals surface area contributed by atoms with E-state index in [1.165, 1.54) is 11.6 Å². The molecular formula is C43H56FN20O30P5. The molecule has 56 heteroatoms. The predicted molar refractivity (Wildman–Crippen MR) is 313 cm³/mol. The van der Waals surface area contributed by atoms with Crippen molar-refractivity contribution in [2.45, 2.75) is 105 Å². The summed E-state index contributed by atoms with van der Waals surface area (Å²) in [6, 6.07) is 0. The Morgan fingerprint density at radius 3 is 1.60 bits per heavy atom. The van der Waals surface area contributed by atoms with E-state index in [0.717, 1.165) is 63.9 Å². The molecule has 12 rings (SSSR count). The number of aliphatic hydroxyl groups excluding tert-OH is 4. The topological polar surface area (TPSA) is 720 Å². The molecular weight excluding hydrogens is 1450 g/mol. The van der Waals surface area contributed by atoms with Gasteiger partial charge in [0, 0.05) is 7.11 Å². The van der Waals surface area contributed by atoms with Crippen LogP contribution in [0.4, 0.5) is 28.1 Å². The van der Waals surface area contributed by atoms with Crippen LogP contribution in [0.1, 0.15) is 31.8 Å². The highest BCUT2D eigenvalue weighted by atomic mass is 31.3. The molecule has 19 N–H and O–H groups in total. The first kappa shape index (κ1) is 71.8. The molecule has 4 aliphatic rings. The molecule has 0 aliphatic carbocycles. The van der Waals surface area contributed by atoms with Crippen LogP contribution in [0.25, 0.3) is 44.7 Å². The number of nitrogen functional groups attached to an aromatic ring is 4. The minimum Gasteiger partial charge on any atom is -0.756 e. The summed E-state index contributed by atoms with van der Waals surface area (Å²) in [4.78, 5) is 133. The van der Waals surface area contributed by atoms with Gasteiger partial charge in [-0.15, -0.1) is 0 Å². The van der Waals surface area contributed by atoms with Gasteiger partial charge in [-0.1, -0.05) is 0 Å². The van der Waals surface area contributed by atoms with Crippen molar-refractivity contribution in [2.75, 3.05) is 56.5 Å². The second kappa shape index (κ2) is 26.4. The normalized spacial score (nSPS) is 31.3. The maximum absolute atomic E-state index is 16.2. The number of aliphatic hydroxyl groups is 4. The molecule has 0 bridgehead atoms. The summed E-state index contributed by atoms with van der Waals surface area (Å²) in [7, 11) is -28.0. The summed E-state index contributed by atoms with van der Waals surface area (Å²) in [5.41, 5.74) is 16.2. The average Bonchev–Trinajstić information content (AvgIpc) is 1.60. The number of methoxy groups -OCH3 is 1. The van der Waals surface area contributed by atoms with Gasteiger partial charge in [-0.05, 0) is 6.92 Å². The molecule has 8 aromatic heterocycles. The number of phosphoric acid groups is 5. The molecule has 21 unspecified atom stereocenters. The number of aromatic nitrogens is 16. The molecule has 8 aromatic rings. The minimum atomic E-state index is -6.61. The molecule has 0 aromatic carbocycles. The number of imidazole rings is 4. The minimum absolute atomic E-state index is 0.0465. The van der Waals surface area contributed by atoms with Gasteiger partial charge in [0.25, 0.3) is 30.1 Å². The molecule has 99 heavy (non-hydrogen) atoms. The standard InChI is InChI=1S/C43H56FN20O30P5/c1-43(44)27(68)16(90-39(43)64-12-60(2)20-32(64)56-42(48)59-35(20)71)7-86-98(78,79)94-99(80,81)93-97(76,77)85-6-15-25(26(82-3)38(89-15)61-9-51-17-28(45)49-8-50-29(17)61)92-96(74,75)84-5-14-24(23(67)37(88-14)63-11-53-19-31(63)55-41(47)58-34(19)70)91-95(72,73)83-4-13-21(65)22(66)36(87-13)62-10-52-18-30(62)54-40(46)57-33(18)69/h8-16,21-27,36-39,65-68H,4-7H2,1-3H3,(H15-,45,46,47,48,49,50,54,55,56,57,58,59,69,70,71,72,73,74,75,76,77,78,79,80,81). The van der Waals surface area contributed by atoms with E-state index in [2.05, 4.69) is 68.0 Å². The molecule has 50 nitrogen and oxygen atoms in total. The molecule has 0 amide bonds. The van der Waals surface area contributed by atoms with Gasteiger partial charge in [0.2, 0.25) is 36.1 Å².